The standard InChI is InChI=1S/C12H12ClN3O/c1-8(11-6-7-15-12(14)16-11)17-10-4-2-9(13)3-5-10/h2-8H,1H3,(H2,14,15,16)/t8-/m0/s1. The molecule has 0 spiro atoms. The van der Waals surface area contributed by atoms with Crippen LogP contribution < -0.4 is 10.5 Å². The number of benzene rings is 1. The molecule has 17 heavy (non-hydrogen) atoms. The molecule has 0 saturated carbocycles. The van der Waals surface area contributed by atoms with Gasteiger partial charge in [0.15, 0.2) is 0 Å². The van der Waals surface area contributed by atoms with E-state index in [0.29, 0.717) is 5.02 Å². The Hall–Kier alpha value is -1.81. The van der Waals surface area contributed by atoms with Crippen LogP contribution >= 0.6 is 11.6 Å². The third-order valence-corrected chi connectivity index (χ3v) is 2.49. The van der Waals surface area contributed by atoms with Gasteiger partial charge in [0.1, 0.15) is 11.9 Å². The van der Waals surface area contributed by atoms with Crippen LogP contribution in [0.5, 0.6) is 5.75 Å². The largest absolute Gasteiger partial charge is 0.484 e. The quantitative estimate of drug-likeness (QED) is 0.909. The van der Waals surface area contributed by atoms with Crippen molar-refractivity contribution >= 4 is 17.5 Å². The summed E-state index contributed by atoms with van der Waals surface area (Å²) in [7, 11) is 0. The van der Waals surface area contributed by atoms with Crippen LogP contribution in [0.4, 0.5) is 5.95 Å². The summed E-state index contributed by atoms with van der Waals surface area (Å²) in [5.41, 5.74) is 6.26. The predicted octanol–water partition coefficient (Wildman–Crippen LogP) is 2.85. The van der Waals surface area contributed by atoms with E-state index in [1.165, 1.54) is 0 Å². The van der Waals surface area contributed by atoms with Crippen molar-refractivity contribution in [1.82, 2.24) is 9.97 Å². The zero-order valence-electron chi connectivity index (χ0n) is 9.30. The first-order valence-corrected chi connectivity index (χ1v) is 5.53. The van der Waals surface area contributed by atoms with Gasteiger partial charge in [0, 0.05) is 11.2 Å². The molecule has 0 unspecified atom stereocenters. The number of hydrogen-bond donors (Lipinski definition) is 1. The predicted molar refractivity (Wildman–Crippen MR) is 66.9 cm³/mol. The van der Waals surface area contributed by atoms with Crippen LogP contribution in [-0.4, -0.2) is 9.97 Å². The van der Waals surface area contributed by atoms with Crippen LogP contribution in [0.25, 0.3) is 0 Å². The van der Waals surface area contributed by atoms with E-state index in [0.717, 1.165) is 11.4 Å². The maximum absolute atomic E-state index is 5.79. The molecule has 1 aromatic heterocycles. The summed E-state index contributed by atoms with van der Waals surface area (Å²) in [6, 6.07) is 8.94. The van der Waals surface area contributed by atoms with Gasteiger partial charge in [-0.25, -0.2) is 9.97 Å². The lowest BCUT2D eigenvalue weighted by Crippen LogP contribution is -2.07. The molecule has 0 fully saturated rings. The van der Waals surface area contributed by atoms with Crippen LogP contribution in [0.1, 0.15) is 18.7 Å². The van der Waals surface area contributed by atoms with Crippen LogP contribution in [0.2, 0.25) is 5.02 Å². The Balaban J connectivity index is 2.11. The second kappa shape index (κ2) is 5.01. The molecule has 0 aliphatic rings. The summed E-state index contributed by atoms with van der Waals surface area (Å²) in [5.74, 6) is 0.980. The van der Waals surface area contributed by atoms with Gasteiger partial charge in [0.05, 0.1) is 5.69 Å². The van der Waals surface area contributed by atoms with Gasteiger partial charge in [-0.15, -0.1) is 0 Å². The third-order valence-electron chi connectivity index (χ3n) is 2.24. The highest BCUT2D eigenvalue weighted by Crippen LogP contribution is 2.22. The molecule has 0 aliphatic heterocycles. The summed E-state index contributed by atoms with van der Waals surface area (Å²) >= 11 is 5.79. The molecule has 2 N–H and O–H groups in total. The van der Waals surface area contributed by atoms with Gasteiger partial charge in [-0.3, -0.25) is 0 Å². The number of aromatic nitrogens is 2. The highest BCUT2D eigenvalue weighted by Gasteiger charge is 2.09. The molecule has 0 saturated heterocycles. The third kappa shape index (κ3) is 3.07. The lowest BCUT2D eigenvalue weighted by molar-refractivity contribution is 0.222. The van der Waals surface area contributed by atoms with Gasteiger partial charge in [-0.2, -0.15) is 0 Å². The Morgan fingerprint density at radius 1 is 1.24 bits per heavy atom. The first-order chi connectivity index (χ1) is 8.15. The Kier molecular flexibility index (Phi) is 3.44. The SMILES string of the molecule is C[C@H](Oc1ccc(Cl)cc1)c1ccnc(N)n1. The van der Waals surface area contributed by atoms with Crippen molar-refractivity contribution in [3.63, 3.8) is 0 Å². The molecule has 5 heteroatoms. The molecular weight excluding hydrogens is 238 g/mol. The first-order valence-electron chi connectivity index (χ1n) is 5.16. The maximum atomic E-state index is 5.79. The van der Waals surface area contributed by atoms with Gasteiger partial charge in [0.2, 0.25) is 5.95 Å². The van der Waals surface area contributed by atoms with Crippen molar-refractivity contribution in [3.8, 4) is 5.75 Å². The summed E-state index contributed by atoms with van der Waals surface area (Å²) in [6.45, 7) is 1.90. The molecule has 1 atom stereocenters. The molecule has 0 radical (unpaired) electrons. The smallest absolute Gasteiger partial charge is 0.220 e. The van der Waals surface area contributed by atoms with Crippen LogP contribution in [0, 0.1) is 0 Å². The van der Waals surface area contributed by atoms with Gasteiger partial charge >= 0.3 is 0 Å². The van der Waals surface area contributed by atoms with Gasteiger partial charge in [0.25, 0.3) is 0 Å². The zero-order chi connectivity index (χ0) is 12.3. The number of hydrogen-bond acceptors (Lipinski definition) is 4. The second-order valence-corrected chi connectivity index (χ2v) is 3.99. The van der Waals surface area contributed by atoms with E-state index in [-0.39, 0.29) is 12.1 Å². The Morgan fingerprint density at radius 2 is 1.94 bits per heavy atom. The highest BCUT2D eigenvalue weighted by molar-refractivity contribution is 6.30. The van der Waals surface area contributed by atoms with E-state index in [2.05, 4.69) is 9.97 Å². The lowest BCUT2D eigenvalue weighted by atomic mass is 10.2. The van der Waals surface area contributed by atoms with Crippen molar-refractivity contribution < 1.29 is 4.74 Å². The topological polar surface area (TPSA) is 61.0 Å². The minimum atomic E-state index is -0.193. The number of nitrogen functional groups attached to an aromatic ring is 1. The Labute approximate surface area is 104 Å². The molecular formula is C12H12ClN3O. The fraction of sp³-hybridized carbons (Fsp3) is 0.167. The number of halogens is 1. The number of ether oxygens (including phenoxy) is 1. The van der Waals surface area contributed by atoms with Crippen molar-refractivity contribution in [1.29, 1.82) is 0 Å². The van der Waals surface area contributed by atoms with Crippen molar-refractivity contribution in [2.24, 2.45) is 0 Å². The van der Waals surface area contributed by atoms with Crippen LogP contribution in [0.15, 0.2) is 36.5 Å². The molecule has 2 aromatic rings. The fourth-order valence-electron chi connectivity index (χ4n) is 1.39. The summed E-state index contributed by atoms with van der Waals surface area (Å²) in [4.78, 5) is 7.94. The van der Waals surface area contributed by atoms with E-state index in [1.54, 1.807) is 24.4 Å². The fourth-order valence-corrected chi connectivity index (χ4v) is 1.52. The summed E-state index contributed by atoms with van der Waals surface area (Å²) < 4.78 is 5.71. The second-order valence-electron chi connectivity index (χ2n) is 3.55. The van der Waals surface area contributed by atoms with E-state index in [1.807, 2.05) is 19.1 Å². The first kappa shape index (κ1) is 11.7. The van der Waals surface area contributed by atoms with E-state index < -0.39 is 0 Å². The molecule has 1 heterocycles. The minimum Gasteiger partial charge on any atom is -0.484 e. The molecule has 88 valence electrons. The van der Waals surface area contributed by atoms with Crippen LogP contribution in [-0.2, 0) is 0 Å². The molecule has 0 bridgehead atoms. The number of rotatable bonds is 3. The number of nitrogens with zero attached hydrogens (tertiary/aromatic N) is 2. The number of anilines is 1. The van der Waals surface area contributed by atoms with Gasteiger partial charge < -0.3 is 10.5 Å². The number of nitrogens with two attached hydrogens (primary N) is 1. The van der Waals surface area contributed by atoms with Crippen molar-refractivity contribution in [2.75, 3.05) is 5.73 Å². The highest BCUT2D eigenvalue weighted by atomic mass is 35.5. The van der Waals surface area contributed by atoms with Gasteiger partial charge in [-0.1, -0.05) is 11.6 Å². The van der Waals surface area contributed by atoms with E-state index in [4.69, 9.17) is 22.1 Å². The molecule has 1 aromatic carbocycles. The Bertz CT molecular complexity index is 501. The monoisotopic (exact) mass is 249 g/mol. The summed E-state index contributed by atoms with van der Waals surface area (Å²) in [6.07, 6.45) is 1.42. The average Bonchev–Trinajstić information content (AvgIpc) is 2.32. The zero-order valence-corrected chi connectivity index (χ0v) is 10.1. The normalized spacial score (nSPS) is 12.1. The molecule has 2 rings (SSSR count). The lowest BCUT2D eigenvalue weighted by Gasteiger charge is -2.14. The Morgan fingerprint density at radius 3 is 2.59 bits per heavy atom. The van der Waals surface area contributed by atoms with Crippen molar-refractivity contribution in [2.45, 2.75) is 13.0 Å². The molecule has 0 aliphatic carbocycles. The van der Waals surface area contributed by atoms with E-state index in [9.17, 15) is 0 Å². The van der Waals surface area contributed by atoms with Gasteiger partial charge in [-0.05, 0) is 37.3 Å². The van der Waals surface area contributed by atoms with E-state index >= 15 is 0 Å². The maximum Gasteiger partial charge on any atom is 0.220 e. The summed E-state index contributed by atoms with van der Waals surface area (Å²) in [5, 5.41) is 0.677. The molecule has 0 amide bonds. The van der Waals surface area contributed by atoms with Crippen LogP contribution in [0.3, 0.4) is 0 Å². The van der Waals surface area contributed by atoms with Crippen molar-refractivity contribution in [3.05, 3.63) is 47.2 Å². The average molecular weight is 250 g/mol. The molecule has 4 nitrogen and oxygen atoms in total. The minimum absolute atomic E-state index is 0.193.